The molecule has 0 fully saturated rings. The maximum absolute atomic E-state index is 10.7. The number of nitrogens with zero attached hydrogens (tertiary/aromatic N) is 1. The topological polar surface area (TPSA) is 43.4 Å². The second-order valence-corrected chi connectivity index (χ2v) is 14.6. The van der Waals surface area contributed by atoms with Crippen LogP contribution in [-0.4, -0.2) is 30.5 Å². The largest absolute Gasteiger partial charge is 1.00 e. The molecule has 4 heteroatoms. The van der Waals surface area contributed by atoms with Crippen LogP contribution in [0.4, 0.5) is 0 Å². The van der Waals surface area contributed by atoms with E-state index in [2.05, 4.69) is 18.7 Å². The molecule has 0 N–H and O–H groups in total. The summed E-state index contributed by atoms with van der Waals surface area (Å²) in [6, 6.07) is 0. The second-order valence-electron chi connectivity index (χ2n) is 14.6. The van der Waals surface area contributed by atoms with E-state index < -0.39 is 5.97 Å². The first-order valence-corrected chi connectivity index (χ1v) is 21.1. The molecule has 0 aliphatic heterocycles. The Balaban J connectivity index is 0. The molecule has 0 spiro atoms. The summed E-state index contributed by atoms with van der Waals surface area (Å²) in [5.74, 6) is -0.895. The van der Waals surface area contributed by atoms with Gasteiger partial charge in [0.15, 0.2) is 0 Å². The van der Waals surface area contributed by atoms with E-state index >= 15 is 0 Å². The molecular weight excluding hydrogens is 557 g/mol. The average molecular weight is 642 g/mol. The molecule has 46 heavy (non-hydrogen) atoms. The number of carboxylic acid groups (broad SMARTS) is 1. The standard InChI is InChI=1S/C42H85NO2.Li/c1-3-5-7-9-11-13-15-17-19-21-23-25-27-29-31-35-39-43(41-37-33-34-38-42(44)45)40-36-32-30-28-26-24-22-20-18-16-14-12-10-8-6-4-2;/h3-41H2,1-2H3,(H,44,45);/q;+1/p-1. The van der Waals surface area contributed by atoms with E-state index in [1.54, 1.807) is 0 Å². The first-order valence-electron chi connectivity index (χ1n) is 21.1. The van der Waals surface area contributed by atoms with Gasteiger partial charge >= 0.3 is 18.9 Å². The van der Waals surface area contributed by atoms with Gasteiger partial charge < -0.3 is 14.8 Å². The van der Waals surface area contributed by atoms with Crippen molar-refractivity contribution in [2.45, 2.75) is 245 Å². The summed E-state index contributed by atoms with van der Waals surface area (Å²) in [7, 11) is 0. The van der Waals surface area contributed by atoms with Gasteiger partial charge in [-0.3, -0.25) is 0 Å². The third-order valence-electron chi connectivity index (χ3n) is 10.0. The van der Waals surface area contributed by atoms with Gasteiger partial charge in [0.1, 0.15) is 0 Å². The molecule has 0 heterocycles. The molecule has 0 aromatic heterocycles. The molecule has 0 aliphatic carbocycles. The van der Waals surface area contributed by atoms with Gasteiger partial charge in [0.25, 0.3) is 0 Å². The van der Waals surface area contributed by atoms with Crippen LogP contribution in [0.2, 0.25) is 0 Å². The fraction of sp³-hybridized carbons (Fsp3) is 0.976. The van der Waals surface area contributed by atoms with E-state index in [-0.39, 0.29) is 25.3 Å². The number of hydrogen-bond donors (Lipinski definition) is 0. The van der Waals surface area contributed by atoms with Crippen LogP contribution in [0, 0.1) is 0 Å². The zero-order valence-electron chi connectivity index (χ0n) is 32.3. The van der Waals surface area contributed by atoms with Crippen molar-refractivity contribution in [1.82, 2.24) is 4.90 Å². The summed E-state index contributed by atoms with van der Waals surface area (Å²) >= 11 is 0. The second kappa shape index (κ2) is 43.0. The molecule has 3 nitrogen and oxygen atoms in total. The van der Waals surface area contributed by atoms with Gasteiger partial charge in [-0.2, -0.15) is 0 Å². The van der Waals surface area contributed by atoms with E-state index in [9.17, 15) is 9.90 Å². The molecule has 0 radical (unpaired) electrons. The van der Waals surface area contributed by atoms with Crippen LogP contribution in [0.15, 0.2) is 0 Å². The zero-order valence-corrected chi connectivity index (χ0v) is 32.3. The fourth-order valence-electron chi connectivity index (χ4n) is 6.88. The Morgan fingerprint density at radius 3 is 0.761 bits per heavy atom. The van der Waals surface area contributed by atoms with Crippen molar-refractivity contribution in [3.05, 3.63) is 0 Å². The molecule has 0 amide bonds. The summed E-state index contributed by atoms with van der Waals surface area (Å²) in [5, 5.41) is 10.7. The molecule has 0 aromatic rings. The van der Waals surface area contributed by atoms with Crippen LogP contribution < -0.4 is 24.0 Å². The molecular formula is C42H84LiNO2. The smallest absolute Gasteiger partial charge is 0.550 e. The Morgan fingerprint density at radius 2 is 0.543 bits per heavy atom. The van der Waals surface area contributed by atoms with Crippen LogP contribution in [-0.2, 0) is 4.79 Å². The van der Waals surface area contributed by atoms with E-state index in [0.717, 1.165) is 25.8 Å². The summed E-state index contributed by atoms with van der Waals surface area (Å²) in [6.45, 7) is 8.21. The normalized spacial score (nSPS) is 11.4. The molecule has 0 rings (SSSR count). The predicted octanol–water partition coefficient (Wildman–Crippen LogP) is 10.1. The minimum Gasteiger partial charge on any atom is -0.550 e. The third-order valence-corrected chi connectivity index (χ3v) is 10.0. The summed E-state index contributed by atoms with van der Waals surface area (Å²) in [4.78, 5) is 13.4. The first kappa shape index (κ1) is 48.1. The Bertz CT molecular complexity index is 522. The predicted molar refractivity (Wildman–Crippen MR) is 199 cm³/mol. The Labute approximate surface area is 303 Å². The minimum atomic E-state index is -0.895. The number of hydrogen-bond acceptors (Lipinski definition) is 3. The van der Waals surface area contributed by atoms with Crippen LogP contribution in [0.25, 0.3) is 0 Å². The Kier molecular flexibility index (Phi) is 45.1. The van der Waals surface area contributed by atoms with E-state index in [4.69, 9.17) is 0 Å². The number of aliphatic carboxylic acids is 1. The van der Waals surface area contributed by atoms with Gasteiger partial charge in [0, 0.05) is 5.97 Å². The van der Waals surface area contributed by atoms with Crippen LogP contribution in [0.5, 0.6) is 0 Å². The van der Waals surface area contributed by atoms with Crippen molar-refractivity contribution in [3.8, 4) is 0 Å². The maximum atomic E-state index is 10.7. The zero-order chi connectivity index (χ0) is 32.7. The van der Waals surface area contributed by atoms with Gasteiger partial charge in [-0.15, -0.1) is 0 Å². The quantitative estimate of drug-likeness (QED) is 0.0494. The maximum Gasteiger partial charge on any atom is 1.00 e. The van der Waals surface area contributed by atoms with Gasteiger partial charge in [-0.05, 0) is 51.7 Å². The van der Waals surface area contributed by atoms with Crippen molar-refractivity contribution in [2.24, 2.45) is 0 Å². The minimum absolute atomic E-state index is 0. The number of carbonyl (C=O) groups excluding carboxylic acids is 1. The van der Waals surface area contributed by atoms with Crippen molar-refractivity contribution in [1.29, 1.82) is 0 Å². The van der Waals surface area contributed by atoms with Crippen molar-refractivity contribution in [3.63, 3.8) is 0 Å². The molecule has 0 saturated heterocycles. The number of carbonyl (C=O) groups is 1. The van der Waals surface area contributed by atoms with Crippen LogP contribution in [0.1, 0.15) is 245 Å². The van der Waals surface area contributed by atoms with E-state index in [1.165, 1.54) is 219 Å². The summed E-state index contributed by atoms with van der Waals surface area (Å²) in [5.41, 5.74) is 0. The molecule has 0 bridgehead atoms. The van der Waals surface area contributed by atoms with Gasteiger partial charge in [-0.1, -0.05) is 213 Å². The van der Waals surface area contributed by atoms with Crippen molar-refractivity contribution >= 4 is 5.97 Å². The van der Waals surface area contributed by atoms with Gasteiger partial charge in [0.05, 0.1) is 0 Å². The van der Waals surface area contributed by atoms with E-state index in [0.29, 0.717) is 0 Å². The summed E-state index contributed by atoms with van der Waals surface area (Å²) in [6.07, 6.45) is 48.7. The van der Waals surface area contributed by atoms with Crippen molar-refractivity contribution in [2.75, 3.05) is 19.6 Å². The molecule has 0 saturated carbocycles. The third kappa shape index (κ3) is 42.1. The Morgan fingerprint density at radius 1 is 0.348 bits per heavy atom. The SMILES string of the molecule is CCCCCCCCCCCCCCCCCCN(CCCCCCCCCCCCCCCCCC)CCCCCC(=O)[O-].[Li+]. The Hall–Kier alpha value is 0.0274. The molecule has 0 aromatic carbocycles. The average Bonchev–Trinajstić information content (AvgIpc) is 3.03. The van der Waals surface area contributed by atoms with Gasteiger partial charge in [-0.25, -0.2) is 0 Å². The number of unbranched alkanes of at least 4 members (excludes halogenated alkanes) is 32. The first-order chi connectivity index (χ1) is 22.2. The molecule has 270 valence electrons. The van der Waals surface area contributed by atoms with Gasteiger partial charge in [0.2, 0.25) is 0 Å². The molecule has 0 atom stereocenters. The number of carboxylic acids is 1. The number of rotatable bonds is 40. The molecule has 0 aliphatic rings. The monoisotopic (exact) mass is 642 g/mol. The van der Waals surface area contributed by atoms with Crippen LogP contribution >= 0.6 is 0 Å². The van der Waals surface area contributed by atoms with Crippen molar-refractivity contribution < 1.29 is 28.8 Å². The fourth-order valence-corrected chi connectivity index (χ4v) is 6.88. The van der Waals surface area contributed by atoms with E-state index in [1.807, 2.05) is 0 Å². The van der Waals surface area contributed by atoms with Crippen LogP contribution in [0.3, 0.4) is 0 Å². The summed E-state index contributed by atoms with van der Waals surface area (Å²) < 4.78 is 0. The molecule has 0 unspecified atom stereocenters.